The fraction of sp³-hybridized carbons (Fsp3) is 0.412. The van der Waals surface area contributed by atoms with Crippen LogP contribution >= 0.6 is 11.3 Å². The lowest BCUT2D eigenvalue weighted by molar-refractivity contribution is 0.230. The molecule has 0 aliphatic rings. The first kappa shape index (κ1) is 16.5. The Hall–Kier alpha value is -1.88. The van der Waals surface area contributed by atoms with E-state index in [0.29, 0.717) is 5.92 Å². The van der Waals surface area contributed by atoms with Crippen LogP contribution in [0.5, 0.6) is 0 Å². The average molecular weight is 317 g/mol. The van der Waals surface area contributed by atoms with Crippen LogP contribution in [-0.2, 0) is 0 Å². The summed E-state index contributed by atoms with van der Waals surface area (Å²) < 4.78 is 0. The molecule has 0 aliphatic carbocycles. The number of carbonyl (C=O) groups is 1. The van der Waals surface area contributed by atoms with Crippen molar-refractivity contribution in [3.8, 4) is 0 Å². The van der Waals surface area contributed by atoms with Gasteiger partial charge in [-0.05, 0) is 25.3 Å². The Balaban J connectivity index is 2.00. The van der Waals surface area contributed by atoms with E-state index in [1.807, 2.05) is 49.6 Å². The number of hydrogen-bond donors (Lipinski definition) is 2. The molecule has 0 saturated heterocycles. The molecule has 0 bridgehead atoms. The van der Waals surface area contributed by atoms with Gasteiger partial charge in [0.15, 0.2) is 0 Å². The molecule has 1 heterocycles. The maximum Gasteiger partial charge on any atom is 0.315 e. The molecule has 1 aromatic carbocycles. The zero-order valence-electron chi connectivity index (χ0n) is 13.5. The van der Waals surface area contributed by atoms with Crippen molar-refractivity contribution < 1.29 is 4.79 Å². The number of nitrogens with one attached hydrogen (secondary N) is 2. The number of rotatable bonds is 5. The molecule has 0 radical (unpaired) electrons. The van der Waals surface area contributed by atoms with Crippen molar-refractivity contribution in [2.24, 2.45) is 5.92 Å². The van der Waals surface area contributed by atoms with Crippen LogP contribution in [0.3, 0.4) is 0 Å². The highest BCUT2D eigenvalue weighted by Crippen LogP contribution is 2.22. The number of thiazole rings is 1. The molecular weight excluding hydrogens is 294 g/mol. The van der Waals surface area contributed by atoms with Crippen LogP contribution in [0.15, 0.2) is 35.7 Å². The molecule has 0 saturated carbocycles. The van der Waals surface area contributed by atoms with E-state index in [9.17, 15) is 4.79 Å². The number of amides is 2. The number of nitrogens with zero attached hydrogens (tertiary/aromatic N) is 1. The van der Waals surface area contributed by atoms with Crippen LogP contribution in [-0.4, -0.2) is 11.0 Å². The molecule has 1 aromatic heterocycles. The van der Waals surface area contributed by atoms with Crippen molar-refractivity contribution in [3.05, 3.63) is 52.0 Å². The van der Waals surface area contributed by atoms with Gasteiger partial charge < -0.3 is 10.6 Å². The summed E-state index contributed by atoms with van der Waals surface area (Å²) in [6.07, 6.45) is 0. The topological polar surface area (TPSA) is 54.0 Å². The number of aromatic nitrogens is 1. The van der Waals surface area contributed by atoms with Crippen molar-refractivity contribution >= 4 is 17.4 Å². The molecule has 4 nitrogen and oxygen atoms in total. The third-order valence-electron chi connectivity index (χ3n) is 3.47. The van der Waals surface area contributed by atoms with Gasteiger partial charge in [-0.1, -0.05) is 44.2 Å². The molecule has 2 atom stereocenters. The number of benzene rings is 1. The number of urea groups is 1. The predicted molar refractivity (Wildman–Crippen MR) is 91.0 cm³/mol. The SMILES string of the molecule is Cc1csc(C(C)NC(=O)NC(c2ccccc2)C(C)C)n1. The molecule has 0 spiro atoms. The summed E-state index contributed by atoms with van der Waals surface area (Å²) in [5.74, 6) is 0.311. The van der Waals surface area contributed by atoms with E-state index in [0.717, 1.165) is 16.3 Å². The smallest absolute Gasteiger partial charge is 0.315 e. The lowest BCUT2D eigenvalue weighted by Crippen LogP contribution is -2.40. The second-order valence-electron chi connectivity index (χ2n) is 5.80. The van der Waals surface area contributed by atoms with Gasteiger partial charge in [-0.3, -0.25) is 0 Å². The van der Waals surface area contributed by atoms with Gasteiger partial charge in [-0.15, -0.1) is 11.3 Å². The molecule has 118 valence electrons. The van der Waals surface area contributed by atoms with Crippen molar-refractivity contribution in [3.63, 3.8) is 0 Å². The standard InChI is InChI=1S/C17H23N3OS/c1-11(2)15(14-8-6-5-7-9-14)20-17(21)19-13(4)16-18-12(3)10-22-16/h5-11,13,15H,1-4H3,(H2,19,20,21). The van der Waals surface area contributed by atoms with E-state index >= 15 is 0 Å². The van der Waals surface area contributed by atoms with Gasteiger partial charge in [0.25, 0.3) is 0 Å². The third-order valence-corrected chi connectivity index (χ3v) is 4.61. The first-order chi connectivity index (χ1) is 10.5. The Kier molecular flexibility index (Phi) is 5.55. The van der Waals surface area contributed by atoms with Crippen molar-refractivity contribution in [1.29, 1.82) is 0 Å². The van der Waals surface area contributed by atoms with Crippen LogP contribution in [0, 0.1) is 12.8 Å². The van der Waals surface area contributed by atoms with E-state index in [2.05, 4.69) is 29.5 Å². The maximum atomic E-state index is 12.3. The Bertz CT molecular complexity index is 609. The summed E-state index contributed by atoms with van der Waals surface area (Å²) in [7, 11) is 0. The Morgan fingerprint density at radius 3 is 2.36 bits per heavy atom. The van der Waals surface area contributed by atoms with Crippen molar-refractivity contribution in [1.82, 2.24) is 15.6 Å². The normalized spacial score (nSPS) is 13.7. The quantitative estimate of drug-likeness (QED) is 0.868. The Morgan fingerprint density at radius 1 is 1.14 bits per heavy atom. The molecule has 2 aromatic rings. The largest absolute Gasteiger partial charge is 0.331 e. The fourth-order valence-corrected chi connectivity index (χ4v) is 3.11. The highest BCUT2D eigenvalue weighted by atomic mass is 32.1. The van der Waals surface area contributed by atoms with Gasteiger partial charge in [0.1, 0.15) is 5.01 Å². The first-order valence-corrected chi connectivity index (χ1v) is 8.39. The predicted octanol–water partition coefficient (Wildman–Crippen LogP) is 4.21. The first-order valence-electron chi connectivity index (χ1n) is 7.51. The van der Waals surface area contributed by atoms with Crippen LogP contribution in [0.2, 0.25) is 0 Å². The summed E-state index contributed by atoms with van der Waals surface area (Å²) in [4.78, 5) is 16.7. The summed E-state index contributed by atoms with van der Waals surface area (Å²) in [6, 6.07) is 9.78. The van der Waals surface area contributed by atoms with E-state index in [1.54, 1.807) is 11.3 Å². The van der Waals surface area contributed by atoms with Gasteiger partial charge in [0.05, 0.1) is 12.1 Å². The lowest BCUT2D eigenvalue weighted by atomic mass is 9.96. The Labute approximate surface area is 136 Å². The molecule has 0 aliphatic heterocycles. The molecule has 2 N–H and O–H groups in total. The van der Waals surface area contributed by atoms with Crippen LogP contribution in [0.4, 0.5) is 4.79 Å². The second-order valence-corrected chi connectivity index (χ2v) is 6.69. The van der Waals surface area contributed by atoms with E-state index in [-0.39, 0.29) is 18.1 Å². The zero-order chi connectivity index (χ0) is 16.1. The fourth-order valence-electron chi connectivity index (χ4n) is 2.31. The summed E-state index contributed by atoms with van der Waals surface area (Å²) in [6.45, 7) is 8.11. The number of hydrogen-bond acceptors (Lipinski definition) is 3. The van der Waals surface area contributed by atoms with Gasteiger partial charge in [0.2, 0.25) is 0 Å². The highest BCUT2D eigenvalue weighted by Gasteiger charge is 2.20. The molecule has 2 rings (SSSR count). The molecule has 5 heteroatoms. The lowest BCUT2D eigenvalue weighted by Gasteiger charge is -2.24. The number of carbonyl (C=O) groups excluding carboxylic acids is 1. The van der Waals surface area contributed by atoms with Gasteiger partial charge in [-0.25, -0.2) is 9.78 Å². The molecule has 22 heavy (non-hydrogen) atoms. The molecule has 2 unspecified atom stereocenters. The monoisotopic (exact) mass is 317 g/mol. The highest BCUT2D eigenvalue weighted by molar-refractivity contribution is 7.09. The minimum absolute atomic E-state index is 0.00793. The van der Waals surface area contributed by atoms with Crippen LogP contribution in [0.25, 0.3) is 0 Å². The maximum absolute atomic E-state index is 12.3. The minimum Gasteiger partial charge on any atom is -0.331 e. The minimum atomic E-state index is -0.164. The van der Waals surface area contributed by atoms with E-state index < -0.39 is 0 Å². The van der Waals surface area contributed by atoms with E-state index in [1.165, 1.54) is 0 Å². The second kappa shape index (κ2) is 7.40. The van der Waals surface area contributed by atoms with Gasteiger partial charge >= 0.3 is 6.03 Å². The summed E-state index contributed by atoms with van der Waals surface area (Å²) in [5.41, 5.74) is 2.10. The molecular formula is C17H23N3OS. The average Bonchev–Trinajstić information content (AvgIpc) is 2.92. The van der Waals surface area contributed by atoms with Gasteiger partial charge in [0, 0.05) is 11.1 Å². The van der Waals surface area contributed by atoms with Crippen LogP contribution in [0.1, 0.15) is 49.1 Å². The molecule has 2 amide bonds. The summed E-state index contributed by atoms with van der Waals surface area (Å²) in [5, 5.41) is 8.95. The Morgan fingerprint density at radius 2 is 1.82 bits per heavy atom. The summed E-state index contributed by atoms with van der Waals surface area (Å²) >= 11 is 1.57. The van der Waals surface area contributed by atoms with E-state index in [4.69, 9.17) is 0 Å². The van der Waals surface area contributed by atoms with Crippen LogP contribution < -0.4 is 10.6 Å². The van der Waals surface area contributed by atoms with Crippen molar-refractivity contribution in [2.45, 2.75) is 39.8 Å². The third kappa shape index (κ3) is 4.31. The zero-order valence-corrected chi connectivity index (χ0v) is 14.3. The van der Waals surface area contributed by atoms with Gasteiger partial charge in [-0.2, -0.15) is 0 Å². The number of aryl methyl sites for hydroxylation is 1. The van der Waals surface area contributed by atoms with Crippen molar-refractivity contribution in [2.75, 3.05) is 0 Å². The molecule has 0 fully saturated rings.